The highest BCUT2D eigenvalue weighted by Crippen LogP contribution is 2.33. The van der Waals surface area contributed by atoms with E-state index < -0.39 is 0 Å². The van der Waals surface area contributed by atoms with E-state index in [1.165, 1.54) is 0 Å². The number of pyridine rings is 1. The van der Waals surface area contributed by atoms with Gasteiger partial charge < -0.3 is 19.7 Å². The number of benzene rings is 1. The second-order valence-corrected chi connectivity index (χ2v) is 6.20. The Balaban J connectivity index is 1.82. The van der Waals surface area contributed by atoms with E-state index in [1.807, 2.05) is 13.0 Å². The Morgan fingerprint density at radius 1 is 1.28 bits per heavy atom. The number of morpholine rings is 1. The molecule has 1 N–H and O–H groups in total. The second-order valence-electron chi connectivity index (χ2n) is 5.79. The van der Waals surface area contributed by atoms with E-state index in [4.69, 9.17) is 21.1 Å². The van der Waals surface area contributed by atoms with Gasteiger partial charge in [0.2, 0.25) is 0 Å². The third kappa shape index (κ3) is 4.03. The number of hydrogen-bond donors (Lipinski definition) is 1. The van der Waals surface area contributed by atoms with Crippen LogP contribution in [0.15, 0.2) is 30.6 Å². The molecule has 2 aromatic rings. The SMILES string of the molecule is COc1cc(Cl)c(C)cc1Nc1cncc(C(=O)N2CCOCC2)c1. The van der Waals surface area contributed by atoms with Crippen LogP contribution in [0.25, 0.3) is 0 Å². The molecule has 0 aliphatic carbocycles. The van der Waals surface area contributed by atoms with Crippen LogP contribution in [0, 0.1) is 6.92 Å². The largest absolute Gasteiger partial charge is 0.495 e. The van der Waals surface area contributed by atoms with Crippen molar-refractivity contribution >= 4 is 28.9 Å². The van der Waals surface area contributed by atoms with Crippen LogP contribution in [-0.2, 0) is 4.74 Å². The quantitative estimate of drug-likeness (QED) is 0.905. The minimum absolute atomic E-state index is 0.0429. The summed E-state index contributed by atoms with van der Waals surface area (Å²) in [6, 6.07) is 5.45. The first kappa shape index (κ1) is 17.5. The van der Waals surface area contributed by atoms with Gasteiger partial charge >= 0.3 is 0 Å². The van der Waals surface area contributed by atoms with Gasteiger partial charge in [-0.15, -0.1) is 0 Å². The summed E-state index contributed by atoms with van der Waals surface area (Å²) in [6.07, 6.45) is 3.24. The Morgan fingerprint density at radius 2 is 2.04 bits per heavy atom. The topological polar surface area (TPSA) is 63.7 Å². The Bertz CT molecular complexity index is 776. The van der Waals surface area contributed by atoms with E-state index >= 15 is 0 Å². The summed E-state index contributed by atoms with van der Waals surface area (Å²) in [5.41, 5.74) is 2.94. The van der Waals surface area contributed by atoms with Gasteiger partial charge in [0.15, 0.2) is 0 Å². The molecule has 0 radical (unpaired) electrons. The molecule has 2 heterocycles. The molecule has 0 saturated carbocycles. The highest BCUT2D eigenvalue weighted by atomic mass is 35.5. The highest BCUT2D eigenvalue weighted by Gasteiger charge is 2.19. The Kier molecular flexibility index (Phi) is 5.40. The lowest BCUT2D eigenvalue weighted by Gasteiger charge is -2.26. The fraction of sp³-hybridized carbons (Fsp3) is 0.333. The zero-order valence-electron chi connectivity index (χ0n) is 14.2. The number of amides is 1. The molecule has 6 nitrogen and oxygen atoms in total. The monoisotopic (exact) mass is 361 g/mol. The molecule has 132 valence electrons. The highest BCUT2D eigenvalue weighted by molar-refractivity contribution is 6.31. The first-order chi connectivity index (χ1) is 12.1. The van der Waals surface area contributed by atoms with Gasteiger partial charge in [-0.3, -0.25) is 9.78 Å². The molecule has 1 aliphatic heterocycles. The van der Waals surface area contributed by atoms with Crippen LogP contribution in [0.5, 0.6) is 5.75 Å². The molecular formula is C18H20ClN3O3. The molecule has 1 saturated heterocycles. The van der Waals surface area contributed by atoms with Gasteiger partial charge in [0.05, 0.1) is 43.5 Å². The van der Waals surface area contributed by atoms with Crippen molar-refractivity contribution < 1.29 is 14.3 Å². The standard InChI is InChI=1S/C18H20ClN3O3/c1-12-7-16(17(24-2)9-15(12)19)21-14-8-13(10-20-11-14)18(23)22-3-5-25-6-4-22/h7-11,21H,3-6H2,1-2H3. The van der Waals surface area contributed by atoms with Crippen LogP contribution >= 0.6 is 11.6 Å². The number of anilines is 2. The first-order valence-electron chi connectivity index (χ1n) is 8.01. The van der Waals surface area contributed by atoms with E-state index in [0.29, 0.717) is 48.3 Å². The van der Waals surface area contributed by atoms with Crippen LogP contribution in [-0.4, -0.2) is 49.2 Å². The molecule has 1 fully saturated rings. The minimum Gasteiger partial charge on any atom is -0.495 e. The van der Waals surface area contributed by atoms with Crippen molar-refractivity contribution in [3.8, 4) is 5.75 Å². The van der Waals surface area contributed by atoms with Crippen LogP contribution in [0.2, 0.25) is 5.02 Å². The summed E-state index contributed by atoms with van der Waals surface area (Å²) in [7, 11) is 1.59. The van der Waals surface area contributed by atoms with E-state index in [2.05, 4.69) is 10.3 Å². The van der Waals surface area contributed by atoms with Crippen molar-refractivity contribution in [2.45, 2.75) is 6.92 Å². The zero-order chi connectivity index (χ0) is 17.8. The van der Waals surface area contributed by atoms with Crippen molar-refractivity contribution in [1.29, 1.82) is 0 Å². The van der Waals surface area contributed by atoms with Crippen molar-refractivity contribution in [2.75, 3.05) is 38.7 Å². The van der Waals surface area contributed by atoms with Crippen molar-refractivity contribution in [1.82, 2.24) is 9.88 Å². The van der Waals surface area contributed by atoms with E-state index in [-0.39, 0.29) is 5.91 Å². The summed E-state index contributed by atoms with van der Waals surface area (Å²) in [6.45, 7) is 4.25. The molecule has 1 amide bonds. The summed E-state index contributed by atoms with van der Waals surface area (Å²) in [5.74, 6) is 0.583. The molecule has 25 heavy (non-hydrogen) atoms. The molecule has 1 aliphatic rings. The average molecular weight is 362 g/mol. The molecular weight excluding hydrogens is 342 g/mol. The van der Waals surface area contributed by atoms with Crippen LogP contribution in [0.4, 0.5) is 11.4 Å². The van der Waals surface area contributed by atoms with E-state index in [0.717, 1.165) is 11.3 Å². The smallest absolute Gasteiger partial charge is 0.255 e. The summed E-state index contributed by atoms with van der Waals surface area (Å²) in [4.78, 5) is 18.5. The first-order valence-corrected chi connectivity index (χ1v) is 8.39. The number of nitrogens with zero attached hydrogens (tertiary/aromatic N) is 2. The molecule has 0 unspecified atom stereocenters. The van der Waals surface area contributed by atoms with E-state index in [9.17, 15) is 4.79 Å². The van der Waals surface area contributed by atoms with Gasteiger partial charge in [0.25, 0.3) is 5.91 Å². The zero-order valence-corrected chi connectivity index (χ0v) is 15.0. The average Bonchev–Trinajstić information content (AvgIpc) is 2.65. The fourth-order valence-corrected chi connectivity index (χ4v) is 2.81. The van der Waals surface area contributed by atoms with Gasteiger partial charge in [-0.05, 0) is 24.6 Å². The van der Waals surface area contributed by atoms with Gasteiger partial charge in [-0.25, -0.2) is 0 Å². The second kappa shape index (κ2) is 7.72. The number of aryl methyl sites for hydroxylation is 1. The van der Waals surface area contributed by atoms with E-state index in [1.54, 1.807) is 36.5 Å². The predicted molar refractivity (Wildman–Crippen MR) is 97.0 cm³/mol. The minimum atomic E-state index is -0.0429. The maximum atomic E-state index is 12.6. The molecule has 0 atom stereocenters. The molecule has 1 aromatic heterocycles. The van der Waals surface area contributed by atoms with Gasteiger partial charge in [-0.1, -0.05) is 11.6 Å². The third-order valence-corrected chi connectivity index (χ3v) is 4.45. The number of ether oxygens (including phenoxy) is 2. The predicted octanol–water partition coefficient (Wildman–Crippen LogP) is 3.27. The summed E-state index contributed by atoms with van der Waals surface area (Å²) in [5, 5.41) is 3.88. The Labute approximate surface area is 151 Å². The van der Waals surface area contributed by atoms with Gasteiger partial charge in [-0.2, -0.15) is 0 Å². The number of hydrogen-bond acceptors (Lipinski definition) is 5. The summed E-state index contributed by atoms with van der Waals surface area (Å²) < 4.78 is 10.7. The number of nitrogens with one attached hydrogen (secondary N) is 1. The lowest BCUT2D eigenvalue weighted by Crippen LogP contribution is -2.40. The molecule has 3 rings (SSSR count). The number of carbonyl (C=O) groups excluding carboxylic acids is 1. The van der Waals surface area contributed by atoms with Crippen LogP contribution in [0.1, 0.15) is 15.9 Å². The van der Waals surface area contributed by atoms with Crippen LogP contribution < -0.4 is 10.1 Å². The number of methoxy groups -OCH3 is 1. The fourth-order valence-electron chi connectivity index (χ4n) is 2.66. The maximum absolute atomic E-state index is 12.6. The normalized spacial score (nSPS) is 14.3. The van der Waals surface area contributed by atoms with Crippen molar-refractivity contribution in [3.63, 3.8) is 0 Å². The van der Waals surface area contributed by atoms with Crippen molar-refractivity contribution in [2.24, 2.45) is 0 Å². The van der Waals surface area contributed by atoms with Gasteiger partial charge in [0.1, 0.15) is 5.75 Å². The Morgan fingerprint density at radius 3 is 2.76 bits per heavy atom. The summed E-state index contributed by atoms with van der Waals surface area (Å²) >= 11 is 6.14. The maximum Gasteiger partial charge on any atom is 0.255 e. The van der Waals surface area contributed by atoms with Gasteiger partial charge in [0, 0.05) is 30.4 Å². The lowest BCUT2D eigenvalue weighted by atomic mass is 10.2. The number of rotatable bonds is 4. The van der Waals surface area contributed by atoms with Crippen LogP contribution in [0.3, 0.4) is 0 Å². The third-order valence-electron chi connectivity index (χ3n) is 4.04. The molecule has 0 spiro atoms. The van der Waals surface area contributed by atoms with Crippen molar-refractivity contribution in [3.05, 3.63) is 46.7 Å². The number of carbonyl (C=O) groups is 1. The Hall–Kier alpha value is -2.31. The molecule has 7 heteroatoms. The molecule has 0 bridgehead atoms. The number of halogens is 1. The molecule has 1 aromatic carbocycles. The number of aromatic nitrogens is 1. The lowest BCUT2D eigenvalue weighted by molar-refractivity contribution is 0.0302.